The van der Waals surface area contributed by atoms with E-state index in [1.54, 1.807) is 5.38 Å². The van der Waals surface area contributed by atoms with E-state index in [2.05, 4.69) is 4.98 Å². The number of carbonyl (C=O) groups is 1. The van der Waals surface area contributed by atoms with Crippen LogP contribution in [0.25, 0.3) is 0 Å². The van der Waals surface area contributed by atoms with Crippen LogP contribution in [0, 0.1) is 6.92 Å². The number of aliphatic carboxylic acids is 1. The molecule has 1 aromatic heterocycles. The Kier molecular flexibility index (Phi) is 4.20. The van der Waals surface area contributed by atoms with Gasteiger partial charge in [-0.3, -0.25) is 4.79 Å². The van der Waals surface area contributed by atoms with Crippen molar-refractivity contribution in [2.75, 3.05) is 0 Å². The fourth-order valence-electron chi connectivity index (χ4n) is 1.70. The van der Waals surface area contributed by atoms with Crippen LogP contribution in [0.5, 0.6) is 0 Å². The summed E-state index contributed by atoms with van der Waals surface area (Å²) >= 11 is 1.31. The van der Waals surface area contributed by atoms with Gasteiger partial charge in [0.15, 0.2) is 9.84 Å². The number of thiazole rings is 1. The number of benzene rings is 1. The lowest BCUT2D eigenvalue weighted by atomic mass is 10.2. The highest BCUT2D eigenvalue weighted by atomic mass is 32.2. The zero-order valence-corrected chi connectivity index (χ0v) is 12.4. The van der Waals surface area contributed by atoms with Crippen molar-refractivity contribution >= 4 is 27.1 Å². The molecule has 7 heteroatoms. The summed E-state index contributed by atoms with van der Waals surface area (Å²) < 4.78 is 24.4. The second kappa shape index (κ2) is 5.72. The molecule has 2 rings (SSSR count). The van der Waals surface area contributed by atoms with Crippen molar-refractivity contribution in [2.45, 2.75) is 24.0 Å². The molecular weight excluding hydrogens is 298 g/mol. The largest absolute Gasteiger partial charge is 0.481 e. The summed E-state index contributed by atoms with van der Waals surface area (Å²) in [5.74, 6) is -1.08. The maximum atomic E-state index is 12.2. The molecule has 0 aliphatic carbocycles. The molecule has 106 valence electrons. The quantitative estimate of drug-likeness (QED) is 0.913. The van der Waals surface area contributed by atoms with Crippen LogP contribution in [0.1, 0.15) is 16.3 Å². The molecule has 0 spiro atoms. The fraction of sp³-hybridized carbons (Fsp3) is 0.231. The van der Waals surface area contributed by atoms with Gasteiger partial charge < -0.3 is 5.11 Å². The number of carboxylic acid groups (broad SMARTS) is 1. The summed E-state index contributed by atoms with van der Waals surface area (Å²) in [6, 6.07) is 5.92. The highest BCUT2D eigenvalue weighted by Gasteiger charge is 2.17. The molecule has 0 amide bonds. The third-order valence-electron chi connectivity index (χ3n) is 2.62. The Morgan fingerprint density at radius 3 is 2.45 bits per heavy atom. The predicted octanol–water partition coefficient (Wildman–Crippen LogP) is 2.05. The molecule has 0 radical (unpaired) electrons. The van der Waals surface area contributed by atoms with Crippen molar-refractivity contribution in [1.29, 1.82) is 0 Å². The second-order valence-electron chi connectivity index (χ2n) is 4.36. The number of aromatic nitrogens is 1. The smallest absolute Gasteiger partial charge is 0.307 e. The Labute approximate surface area is 120 Å². The van der Waals surface area contributed by atoms with Gasteiger partial charge in [-0.1, -0.05) is 12.1 Å². The minimum atomic E-state index is -3.44. The van der Waals surface area contributed by atoms with Crippen molar-refractivity contribution in [1.82, 2.24) is 4.98 Å². The molecular formula is C13H13NO4S2. The van der Waals surface area contributed by atoms with Crippen molar-refractivity contribution < 1.29 is 18.3 Å². The Morgan fingerprint density at radius 2 is 1.95 bits per heavy atom. The van der Waals surface area contributed by atoms with Gasteiger partial charge in [0, 0.05) is 11.1 Å². The zero-order chi connectivity index (χ0) is 14.8. The summed E-state index contributed by atoms with van der Waals surface area (Å²) in [4.78, 5) is 14.9. The Hall–Kier alpha value is -1.73. The standard InChI is InChI=1S/C13H13NO4S2/c1-9-7-19-12(14-9)8-20(17,18)11-4-2-10(3-5-11)6-13(15)16/h2-5,7H,6,8H2,1H3,(H,15,16). The van der Waals surface area contributed by atoms with Gasteiger partial charge in [-0.05, 0) is 24.6 Å². The lowest BCUT2D eigenvalue weighted by molar-refractivity contribution is -0.136. The average Bonchev–Trinajstić information content (AvgIpc) is 2.74. The molecule has 20 heavy (non-hydrogen) atoms. The van der Waals surface area contributed by atoms with Crippen LogP contribution >= 0.6 is 11.3 Å². The first kappa shape index (κ1) is 14.7. The lowest BCUT2D eigenvalue weighted by Crippen LogP contribution is -2.06. The Bertz CT molecular complexity index is 717. The molecule has 0 saturated heterocycles. The third kappa shape index (κ3) is 3.64. The van der Waals surface area contributed by atoms with E-state index in [0.717, 1.165) is 5.69 Å². The summed E-state index contributed by atoms with van der Waals surface area (Å²) in [6.45, 7) is 1.81. The molecule has 2 aromatic rings. The molecule has 0 fully saturated rings. The van der Waals surface area contributed by atoms with Crippen LogP contribution in [0.15, 0.2) is 34.5 Å². The summed E-state index contributed by atoms with van der Waals surface area (Å²) in [5.41, 5.74) is 1.37. The number of carboxylic acids is 1. The van der Waals surface area contributed by atoms with E-state index in [0.29, 0.717) is 10.6 Å². The van der Waals surface area contributed by atoms with E-state index in [9.17, 15) is 13.2 Å². The molecule has 0 bridgehead atoms. The second-order valence-corrected chi connectivity index (χ2v) is 7.29. The minimum Gasteiger partial charge on any atom is -0.481 e. The third-order valence-corrected chi connectivity index (χ3v) is 5.41. The normalized spacial score (nSPS) is 11.4. The van der Waals surface area contributed by atoms with Crippen LogP contribution in [-0.4, -0.2) is 24.5 Å². The van der Waals surface area contributed by atoms with Gasteiger partial charge in [-0.25, -0.2) is 13.4 Å². The lowest BCUT2D eigenvalue weighted by Gasteiger charge is -2.03. The first-order valence-corrected chi connectivity index (χ1v) is 8.34. The zero-order valence-electron chi connectivity index (χ0n) is 10.7. The van der Waals surface area contributed by atoms with E-state index in [-0.39, 0.29) is 17.1 Å². The molecule has 0 atom stereocenters. The highest BCUT2D eigenvalue weighted by Crippen LogP contribution is 2.19. The maximum absolute atomic E-state index is 12.2. The molecule has 0 aliphatic rings. The first-order valence-electron chi connectivity index (χ1n) is 5.81. The van der Waals surface area contributed by atoms with Gasteiger partial charge in [0.05, 0.1) is 11.3 Å². The topological polar surface area (TPSA) is 84.3 Å². The summed E-state index contributed by atoms with van der Waals surface area (Å²) in [6.07, 6.45) is -0.119. The van der Waals surface area contributed by atoms with Crippen LogP contribution in [0.3, 0.4) is 0 Å². The molecule has 0 saturated carbocycles. The monoisotopic (exact) mass is 311 g/mol. The average molecular weight is 311 g/mol. The van der Waals surface area contributed by atoms with E-state index in [1.165, 1.54) is 35.6 Å². The van der Waals surface area contributed by atoms with Crippen LogP contribution in [0.4, 0.5) is 0 Å². The molecule has 0 unspecified atom stereocenters. The molecule has 0 aliphatic heterocycles. The van der Waals surface area contributed by atoms with E-state index < -0.39 is 15.8 Å². The van der Waals surface area contributed by atoms with Gasteiger partial charge in [0.1, 0.15) is 10.8 Å². The number of nitrogens with zero attached hydrogens (tertiary/aromatic N) is 1. The number of hydrogen-bond acceptors (Lipinski definition) is 5. The van der Waals surface area contributed by atoms with Crippen LogP contribution in [-0.2, 0) is 26.8 Å². The fourth-order valence-corrected chi connectivity index (χ4v) is 4.10. The van der Waals surface area contributed by atoms with Crippen molar-refractivity contribution in [3.63, 3.8) is 0 Å². The van der Waals surface area contributed by atoms with Gasteiger partial charge in [0.2, 0.25) is 0 Å². The Morgan fingerprint density at radius 1 is 1.30 bits per heavy atom. The Balaban J connectivity index is 2.19. The minimum absolute atomic E-state index is 0.119. The van der Waals surface area contributed by atoms with Crippen molar-refractivity contribution in [2.24, 2.45) is 0 Å². The molecule has 1 aromatic carbocycles. The predicted molar refractivity (Wildman–Crippen MR) is 75.5 cm³/mol. The van der Waals surface area contributed by atoms with Crippen LogP contribution < -0.4 is 0 Å². The van der Waals surface area contributed by atoms with E-state index in [4.69, 9.17) is 5.11 Å². The van der Waals surface area contributed by atoms with Crippen molar-refractivity contribution in [3.05, 3.63) is 45.9 Å². The number of aryl methyl sites for hydroxylation is 1. The SMILES string of the molecule is Cc1csc(CS(=O)(=O)c2ccc(CC(=O)O)cc2)n1. The maximum Gasteiger partial charge on any atom is 0.307 e. The van der Waals surface area contributed by atoms with Gasteiger partial charge >= 0.3 is 5.97 Å². The van der Waals surface area contributed by atoms with Crippen molar-refractivity contribution in [3.8, 4) is 0 Å². The van der Waals surface area contributed by atoms with Gasteiger partial charge in [-0.15, -0.1) is 11.3 Å². The van der Waals surface area contributed by atoms with Crippen LogP contribution in [0.2, 0.25) is 0 Å². The van der Waals surface area contributed by atoms with E-state index in [1.807, 2.05) is 6.92 Å². The summed E-state index contributed by atoms with van der Waals surface area (Å²) in [7, 11) is -3.44. The van der Waals surface area contributed by atoms with Gasteiger partial charge in [-0.2, -0.15) is 0 Å². The molecule has 1 heterocycles. The number of hydrogen-bond donors (Lipinski definition) is 1. The summed E-state index contributed by atoms with van der Waals surface area (Å²) in [5, 5.41) is 11.0. The molecule has 1 N–H and O–H groups in total. The first-order chi connectivity index (χ1) is 9.37. The number of rotatable bonds is 5. The molecule has 5 nitrogen and oxygen atoms in total. The van der Waals surface area contributed by atoms with Gasteiger partial charge in [0.25, 0.3) is 0 Å². The number of sulfone groups is 1. The van der Waals surface area contributed by atoms with E-state index >= 15 is 0 Å². The highest BCUT2D eigenvalue weighted by molar-refractivity contribution is 7.90.